The van der Waals surface area contributed by atoms with E-state index in [1.54, 1.807) is 19.9 Å². The van der Waals surface area contributed by atoms with E-state index in [-0.39, 0.29) is 16.9 Å². The Hall–Kier alpha value is -1.45. The number of carbonyl (C=O) groups is 1. The number of benzene rings is 1. The topological polar surface area (TPSA) is 26.3 Å². The van der Waals surface area contributed by atoms with Gasteiger partial charge in [-0.1, -0.05) is 6.92 Å². The lowest BCUT2D eigenvalue weighted by atomic mass is 9.99. The van der Waals surface area contributed by atoms with Gasteiger partial charge in [-0.15, -0.1) is 0 Å². The summed E-state index contributed by atoms with van der Waals surface area (Å²) in [6.07, 6.45) is -2.09. The highest BCUT2D eigenvalue weighted by Gasteiger charge is 2.18. The van der Waals surface area contributed by atoms with Crippen LogP contribution in [0.25, 0.3) is 0 Å². The first-order chi connectivity index (χ1) is 8.01. The molecule has 0 radical (unpaired) electrons. The Morgan fingerprint density at radius 2 is 2.00 bits per heavy atom. The van der Waals surface area contributed by atoms with Crippen molar-refractivity contribution in [1.82, 2.24) is 0 Å². The first-order valence-corrected chi connectivity index (χ1v) is 5.59. The summed E-state index contributed by atoms with van der Waals surface area (Å²) in [5.74, 6) is 0.124. The maximum Gasteiger partial charge on any atom is 0.264 e. The Labute approximate surface area is 99.6 Å². The molecule has 0 saturated heterocycles. The lowest BCUT2D eigenvalue weighted by Gasteiger charge is -2.14. The van der Waals surface area contributed by atoms with Gasteiger partial charge >= 0.3 is 0 Å². The Morgan fingerprint density at radius 1 is 1.35 bits per heavy atom. The molecule has 0 aromatic heterocycles. The van der Waals surface area contributed by atoms with Gasteiger partial charge in [-0.25, -0.2) is 8.78 Å². The van der Waals surface area contributed by atoms with Crippen molar-refractivity contribution in [2.75, 3.05) is 6.61 Å². The van der Waals surface area contributed by atoms with Gasteiger partial charge in [0.25, 0.3) is 6.43 Å². The fourth-order valence-electron chi connectivity index (χ4n) is 1.70. The molecule has 0 aliphatic carbocycles. The van der Waals surface area contributed by atoms with Gasteiger partial charge in [0.2, 0.25) is 0 Å². The SMILES string of the molecule is CCOc1cc(CC)c(C(F)F)cc1C(C)=O. The molecule has 4 heteroatoms. The van der Waals surface area contributed by atoms with Gasteiger partial charge in [0.15, 0.2) is 5.78 Å². The minimum atomic E-state index is -2.57. The zero-order valence-corrected chi connectivity index (χ0v) is 10.2. The fourth-order valence-corrected chi connectivity index (χ4v) is 1.70. The number of carbonyl (C=O) groups excluding carboxylic acids is 1. The average molecular weight is 242 g/mol. The van der Waals surface area contributed by atoms with Crippen molar-refractivity contribution in [3.8, 4) is 5.75 Å². The Bertz CT molecular complexity index is 414. The number of aryl methyl sites for hydroxylation is 1. The van der Waals surface area contributed by atoms with E-state index in [9.17, 15) is 13.6 Å². The van der Waals surface area contributed by atoms with Crippen molar-refractivity contribution >= 4 is 5.78 Å². The van der Waals surface area contributed by atoms with E-state index in [0.717, 1.165) is 0 Å². The molecule has 0 saturated carbocycles. The third-order valence-electron chi connectivity index (χ3n) is 2.54. The number of ether oxygens (including phenoxy) is 1. The normalized spacial score (nSPS) is 10.7. The predicted molar refractivity (Wildman–Crippen MR) is 62.0 cm³/mol. The van der Waals surface area contributed by atoms with Gasteiger partial charge < -0.3 is 4.74 Å². The Morgan fingerprint density at radius 3 is 2.41 bits per heavy atom. The number of ketones is 1. The number of alkyl halides is 2. The van der Waals surface area contributed by atoms with Crippen molar-refractivity contribution in [3.05, 3.63) is 28.8 Å². The minimum Gasteiger partial charge on any atom is -0.493 e. The standard InChI is InChI=1S/C13H16F2O2/c1-4-9-6-12(17-5-2)10(8(3)16)7-11(9)13(14)15/h6-7,13H,4-5H2,1-3H3. The molecule has 0 N–H and O–H groups in total. The van der Waals surface area contributed by atoms with Crippen molar-refractivity contribution in [2.45, 2.75) is 33.6 Å². The van der Waals surface area contributed by atoms with E-state index in [0.29, 0.717) is 24.3 Å². The van der Waals surface area contributed by atoms with E-state index in [1.165, 1.54) is 13.0 Å². The quantitative estimate of drug-likeness (QED) is 0.734. The number of hydrogen-bond donors (Lipinski definition) is 0. The number of hydrogen-bond acceptors (Lipinski definition) is 2. The zero-order chi connectivity index (χ0) is 13.0. The molecule has 0 bridgehead atoms. The molecular formula is C13H16F2O2. The summed E-state index contributed by atoms with van der Waals surface area (Å²) in [7, 11) is 0. The molecule has 1 aromatic carbocycles. The van der Waals surface area contributed by atoms with E-state index in [4.69, 9.17) is 4.74 Å². The van der Waals surface area contributed by atoms with Crippen molar-refractivity contribution < 1.29 is 18.3 Å². The van der Waals surface area contributed by atoms with Crippen LogP contribution in [0.3, 0.4) is 0 Å². The molecule has 0 amide bonds. The summed E-state index contributed by atoms with van der Waals surface area (Å²) in [5, 5.41) is 0. The summed E-state index contributed by atoms with van der Waals surface area (Å²) in [5.41, 5.74) is 0.661. The van der Waals surface area contributed by atoms with Crippen LogP contribution in [0, 0.1) is 0 Å². The van der Waals surface area contributed by atoms with Gasteiger partial charge in [0.05, 0.1) is 12.2 Å². The highest BCUT2D eigenvalue weighted by atomic mass is 19.3. The lowest BCUT2D eigenvalue weighted by molar-refractivity contribution is 0.101. The number of Topliss-reactive ketones (excluding diaryl/α,β-unsaturated/α-hetero) is 1. The molecule has 0 spiro atoms. The van der Waals surface area contributed by atoms with Crippen LogP contribution >= 0.6 is 0 Å². The monoisotopic (exact) mass is 242 g/mol. The maximum atomic E-state index is 12.8. The fraction of sp³-hybridized carbons (Fsp3) is 0.462. The van der Waals surface area contributed by atoms with Crippen LogP contribution < -0.4 is 4.74 Å². The van der Waals surface area contributed by atoms with Gasteiger partial charge in [0, 0.05) is 5.56 Å². The third-order valence-corrected chi connectivity index (χ3v) is 2.54. The second-order valence-electron chi connectivity index (χ2n) is 3.69. The highest BCUT2D eigenvalue weighted by molar-refractivity contribution is 5.97. The van der Waals surface area contributed by atoms with Crippen molar-refractivity contribution in [3.63, 3.8) is 0 Å². The van der Waals surface area contributed by atoms with Crippen LogP contribution in [0.4, 0.5) is 8.78 Å². The average Bonchev–Trinajstić information content (AvgIpc) is 2.28. The Balaban J connectivity index is 3.36. The molecule has 0 atom stereocenters. The number of rotatable bonds is 5. The van der Waals surface area contributed by atoms with Crippen LogP contribution in [0.1, 0.15) is 48.7 Å². The predicted octanol–water partition coefficient (Wildman–Crippen LogP) is 3.79. The first-order valence-electron chi connectivity index (χ1n) is 5.59. The molecule has 0 aliphatic heterocycles. The van der Waals surface area contributed by atoms with Gasteiger partial charge in [-0.2, -0.15) is 0 Å². The molecule has 0 heterocycles. The van der Waals surface area contributed by atoms with Crippen LogP contribution in [0.5, 0.6) is 5.75 Å². The summed E-state index contributed by atoms with van der Waals surface area (Å²) < 4.78 is 31.0. The Kier molecular flexibility index (Phi) is 4.61. The molecule has 0 unspecified atom stereocenters. The van der Waals surface area contributed by atoms with E-state index in [2.05, 4.69) is 0 Å². The molecule has 1 aromatic rings. The minimum absolute atomic E-state index is 0.0823. The van der Waals surface area contributed by atoms with Crippen LogP contribution in [0.15, 0.2) is 12.1 Å². The highest BCUT2D eigenvalue weighted by Crippen LogP contribution is 2.31. The van der Waals surface area contributed by atoms with Crippen molar-refractivity contribution in [1.29, 1.82) is 0 Å². The smallest absolute Gasteiger partial charge is 0.264 e. The van der Waals surface area contributed by atoms with Gasteiger partial charge in [0.1, 0.15) is 5.75 Å². The van der Waals surface area contributed by atoms with Crippen LogP contribution in [0.2, 0.25) is 0 Å². The van der Waals surface area contributed by atoms with Gasteiger partial charge in [-0.05, 0) is 38.0 Å². The molecule has 17 heavy (non-hydrogen) atoms. The third kappa shape index (κ3) is 3.02. The maximum absolute atomic E-state index is 12.8. The summed E-state index contributed by atoms with van der Waals surface area (Å²) in [6, 6.07) is 2.79. The molecular weight excluding hydrogens is 226 g/mol. The van der Waals surface area contributed by atoms with Gasteiger partial charge in [-0.3, -0.25) is 4.79 Å². The van der Waals surface area contributed by atoms with E-state index in [1.807, 2.05) is 0 Å². The second-order valence-corrected chi connectivity index (χ2v) is 3.69. The summed E-state index contributed by atoms with van der Waals surface area (Å²) in [6.45, 7) is 5.33. The first kappa shape index (κ1) is 13.6. The summed E-state index contributed by atoms with van der Waals surface area (Å²) in [4.78, 5) is 11.4. The molecule has 0 aliphatic rings. The summed E-state index contributed by atoms with van der Waals surface area (Å²) >= 11 is 0. The molecule has 94 valence electrons. The zero-order valence-electron chi connectivity index (χ0n) is 10.2. The number of halogens is 2. The molecule has 0 fully saturated rings. The van der Waals surface area contributed by atoms with E-state index < -0.39 is 6.43 Å². The van der Waals surface area contributed by atoms with E-state index >= 15 is 0 Å². The lowest BCUT2D eigenvalue weighted by Crippen LogP contribution is -2.05. The second kappa shape index (κ2) is 5.75. The molecule has 2 nitrogen and oxygen atoms in total. The largest absolute Gasteiger partial charge is 0.493 e. The van der Waals surface area contributed by atoms with Crippen LogP contribution in [-0.4, -0.2) is 12.4 Å². The van der Waals surface area contributed by atoms with Crippen LogP contribution in [-0.2, 0) is 6.42 Å². The molecule has 1 rings (SSSR count). The van der Waals surface area contributed by atoms with Crippen molar-refractivity contribution in [2.24, 2.45) is 0 Å².